The van der Waals surface area contributed by atoms with Crippen molar-refractivity contribution in [1.82, 2.24) is 15.4 Å². The molecule has 1 aromatic heterocycles. The van der Waals surface area contributed by atoms with Crippen molar-refractivity contribution in [2.75, 3.05) is 0 Å². The Kier molecular flexibility index (Phi) is 4.30. The Hall–Kier alpha value is -3.16. The van der Waals surface area contributed by atoms with Crippen LogP contribution in [0.2, 0.25) is 0 Å². The van der Waals surface area contributed by atoms with Gasteiger partial charge in [-0.2, -0.15) is 5.10 Å². The molecule has 0 aliphatic carbocycles. The van der Waals surface area contributed by atoms with Gasteiger partial charge in [0, 0.05) is 24.5 Å². The summed E-state index contributed by atoms with van der Waals surface area (Å²) in [5, 5.41) is 14.5. The van der Waals surface area contributed by atoms with Gasteiger partial charge in [-0.1, -0.05) is 0 Å². The Bertz CT molecular complexity index is 683. The number of benzene rings is 1. The van der Waals surface area contributed by atoms with E-state index in [1.165, 1.54) is 30.7 Å². The fraction of sp³-hybridized carbons (Fsp3) is 0.0769. The quantitative estimate of drug-likeness (QED) is 0.520. The zero-order chi connectivity index (χ0) is 15.2. The van der Waals surface area contributed by atoms with Crippen molar-refractivity contribution < 1.29 is 9.72 Å². The van der Waals surface area contributed by atoms with Crippen LogP contribution in [0.5, 0.6) is 0 Å². The molecule has 0 saturated carbocycles. The Morgan fingerprint density at radius 2 is 2.00 bits per heavy atom. The second-order valence-corrected chi connectivity index (χ2v) is 4.03. The van der Waals surface area contributed by atoms with Crippen LogP contribution < -0.4 is 5.43 Å². The van der Waals surface area contributed by atoms with Gasteiger partial charge in [-0.15, -0.1) is 0 Å². The molecule has 0 fully saturated rings. The first-order chi connectivity index (χ1) is 10.1. The molecule has 0 aliphatic heterocycles. The van der Waals surface area contributed by atoms with Gasteiger partial charge in [0.05, 0.1) is 16.8 Å². The third-order valence-electron chi connectivity index (χ3n) is 2.62. The summed E-state index contributed by atoms with van der Waals surface area (Å²) in [6.45, 7) is 1.68. The fourth-order valence-electron chi connectivity index (χ4n) is 1.50. The third kappa shape index (κ3) is 3.66. The van der Waals surface area contributed by atoms with Crippen molar-refractivity contribution in [2.24, 2.45) is 5.10 Å². The van der Waals surface area contributed by atoms with Crippen molar-refractivity contribution in [3.8, 4) is 0 Å². The van der Waals surface area contributed by atoms with Crippen LogP contribution in [0.4, 0.5) is 5.69 Å². The summed E-state index contributed by atoms with van der Waals surface area (Å²) in [4.78, 5) is 29.4. The molecule has 0 saturated heterocycles. The number of aromatic nitrogens is 2. The molecule has 0 unspecified atom stereocenters. The summed E-state index contributed by atoms with van der Waals surface area (Å²) in [7, 11) is 0. The van der Waals surface area contributed by atoms with Gasteiger partial charge in [0.15, 0.2) is 0 Å². The topological polar surface area (TPSA) is 110 Å². The Labute approximate surface area is 119 Å². The fourth-order valence-corrected chi connectivity index (χ4v) is 1.50. The highest BCUT2D eigenvalue weighted by Crippen LogP contribution is 2.12. The molecule has 8 nitrogen and oxygen atoms in total. The molecule has 21 heavy (non-hydrogen) atoms. The van der Waals surface area contributed by atoms with Crippen LogP contribution in [0.25, 0.3) is 0 Å². The number of rotatable bonds is 4. The van der Waals surface area contributed by atoms with E-state index in [0.717, 1.165) is 0 Å². The molecule has 1 N–H and O–H groups in total. The standard InChI is InChI=1S/C13H11N5O3/c1-9(10-2-4-11(5-3-10)18(20)21)16-17-13(19)12-8-14-6-7-15-12/h2-8H,1H3,(H,17,19)/b16-9+. The number of nitro groups is 1. The largest absolute Gasteiger partial charge is 0.291 e. The maximum atomic E-state index is 11.7. The van der Waals surface area contributed by atoms with E-state index >= 15 is 0 Å². The summed E-state index contributed by atoms with van der Waals surface area (Å²) >= 11 is 0. The molecule has 0 atom stereocenters. The van der Waals surface area contributed by atoms with E-state index in [2.05, 4.69) is 20.5 Å². The molecule has 0 radical (unpaired) electrons. The number of hydrazone groups is 1. The highest BCUT2D eigenvalue weighted by atomic mass is 16.6. The maximum Gasteiger partial charge on any atom is 0.291 e. The molecule has 1 aromatic carbocycles. The Morgan fingerprint density at radius 3 is 2.57 bits per heavy atom. The number of nitrogens with one attached hydrogen (secondary N) is 1. The molecule has 0 aliphatic rings. The second-order valence-electron chi connectivity index (χ2n) is 4.03. The molecular formula is C13H11N5O3. The smallest absolute Gasteiger partial charge is 0.265 e. The molecule has 106 valence electrons. The van der Waals surface area contributed by atoms with Crippen LogP contribution in [0.1, 0.15) is 23.0 Å². The normalized spacial score (nSPS) is 11.0. The van der Waals surface area contributed by atoms with E-state index in [-0.39, 0.29) is 11.4 Å². The summed E-state index contributed by atoms with van der Waals surface area (Å²) in [6, 6.07) is 5.87. The lowest BCUT2D eigenvalue weighted by Gasteiger charge is -2.02. The number of hydrogen-bond donors (Lipinski definition) is 1. The lowest BCUT2D eigenvalue weighted by molar-refractivity contribution is -0.384. The van der Waals surface area contributed by atoms with Crippen LogP contribution in [-0.2, 0) is 0 Å². The number of nitrogens with zero attached hydrogens (tertiary/aromatic N) is 4. The molecule has 2 aromatic rings. The van der Waals surface area contributed by atoms with E-state index in [9.17, 15) is 14.9 Å². The zero-order valence-electron chi connectivity index (χ0n) is 11.1. The maximum absolute atomic E-state index is 11.7. The van der Waals surface area contributed by atoms with Crippen LogP contribution >= 0.6 is 0 Å². The number of carbonyl (C=O) groups is 1. The van der Waals surface area contributed by atoms with Crippen LogP contribution in [0.3, 0.4) is 0 Å². The van der Waals surface area contributed by atoms with Crippen LogP contribution in [0, 0.1) is 10.1 Å². The Balaban J connectivity index is 2.07. The highest BCUT2D eigenvalue weighted by Gasteiger charge is 2.07. The van der Waals surface area contributed by atoms with Gasteiger partial charge in [0.1, 0.15) is 5.69 Å². The monoisotopic (exact) mass is 285 g/mol. The van der Waals surface area contributed by atoms with Crippen molar-refractivity contribution in [3.05, 3.63) is 64.2 Å². The molecule has 1 amide bonds. The number of hydrogen-bond acceptors (Lipinski definition) is 6. The summed E-state index contributed by atoms with van der Waals surface area (Å²) < 4.78 is 0. The van der Waals surface area contributed by atoms with Gasteiger partial charge < -0.3 is 0 Å². The first kappa shape index (κ1) is 14.3. The predicted molar refractivity (Wildman–Crippen MR) is 74.8 cm³/mol. The van der Waals surface area contributed by atoms with Gasteiger partial charge in [-0.3, -0.25) is 19.9 Å². The number of amides is 1. The molecule has 1 heterocycles. The summed E-state index contributed by atoms with van der Waals surface area (Å²) in [6.07, 6.45) is 4.19. The summed E-state index contributed by atoms with van der Waals surface area (Å²) in [5.74, 6) is -0.482. The van der Waals surface area contributed by atoms with E-state index in [0.29, 0.717) is 11.3 Å². The summed E-state index contributed by atoms with van der Waals surface area (Å²) in [5.41, 5.74) is 3.68. The minimum atomic E-state index is -0.482. The average molecular weight is 285 g/mol. The van der Waals surface area contributed by atoms with E-state index in [1.807, 2.05) is 0 Å². The zero-order valence-corrected chi connectivity index (χ0v) is 11.1. The van der Waals surface area contributed by atoms with E-state index in [4.69, 9.17) is 0 Å². The van der Waals surface area contributed by atoms with E-state index < -0.39 is 10.8 Å². The number of carbonyl (C=O) groups excluding carboxylic acids is 1. The minimum Gasteiger partial charge on any atom is -0.265 e. The SMILES string of the molecule is C/C(=N\NC(=O)c1cnccn1)c1ccc([N+](=O)[O-])cc1. The van der Waals surface area contributed by atoms with Crippen molar-refractivity contribution in [3.63, 3.8) is 0 Å². The molecule has 0 spiro atoms. The van der Waals surface area contributed by atoms with Crippen LogP contribution in [0.15, 0.2) is 48.0 Å². The van der Waals surface area contributed by atoms with Crippen molar-refractivity contribution in [1.29, 1.82) is 0 Å². The lowest BCUT2D eigenvalue weighted by atomic mass is 10.1. The van der Waals surface area contributed by atoms with Crippen molar-refractivity contribution in [2.45, 2.75) is 6.92 Å². The van der Waals surface area contributed by atoms with E-state index in [1.54, 1.807) is 19.1 Å². The Morgan fingerprint density at radius 1 is 1.29 bits per heavy atom. The lowest BCUT2D eigenvalue weighted by Crippen LogP contribution is -2.20. The molecule has 8 heteroatoms. The van der Waals surface area contributed by atoms with Gasteiger partial charge in [0.25, 0.3) is 11.6 Å². The van der Waals surface area contributed by atoms with Crippen LogP contribution in [-0.4, -0.2) is 26.5 Å². The van der Waals surface area contributed by atoms with Gasteiger partial charge in [-0.25, -0.2) is 10.4 Å². The molecule has 0 bridgehead atoms. The van der Waals surface area contributed by atoms with Gasteiger partial charge in [-0.05, 0) is 24.6 Å². The molecular weight excluding hydrogens is 274 g/mol. The number of non-ortho nitro benzene ring substituents is 1. The average Bonchev–Trinajstić information content (AvgIpc) is 2.53. The number of nitro benzene ring substituents is 1. The third-order valence-corrected chi connectivity index (χ3v) is 2.62. The first-order valence-corrected chi connectivity index (χ1v) is 5.93. The van der Waals surface area contributed by atoms with Gasteiger partial charge in [0.2, 0.25) is 0 Å². The second kappa shape index (κ2) is 6.33. The molecule has 2 rings (SSSR count). The predicted octanol–water partition coefficient (Wildman–Crippen LogP) is 1.54. The highest BCUT2D eigenvalue weighted by molar-refractivity contribution is 6.00. The minimum absolute atomic E-state index is 0.00449. The first-order valence-electron chi connectivity index (χ1n) is 5.93. The van der Waals surface area contributed by atoms with Crippen molar-refractivity contribution >= 4 is 17.3 Å². The van der Waals surface area contributed by atoms with Gasteiger partial charge >= 0.3 is 0 Å².